The predicted octanol–water partition coefficient (Wildman–Crippen LogP) is 5.03. The van der Waals surface area contributed by atoms with Gasteiger partial charge in [0.05, 0.1) is 5.75 Å². The fourth-order valence-electron chi connectivity index (χ4n) is 3.69. The van der Waals surface area contributed by atoms with Crippen LogP contribution in [0.1, 0.15) is 37.7 Å². The molecule has 1 saturated carbocycles. The minimum atomic E-state index is -0.364. The molecule has 4 rings (SSSR count). The highest BCUT2D eigenvalue weighted by atomic mass is 32.2. The predicted molar refractivity (Wildman–Crippen MR) is 110 cm³/mol. The van der Waals surface area contributed by atoms with Crippen molar-refractivity contribution in [1.29, 1.82) is 0 Å². The molecule has 2 aromatic rings. The molecule has 1 fully saturated rings. The van der Waals surface area contributed by atoms with Crippen molar-refractivity contribution in [3.05, 3.63) is 59.9 Å². The standard InChI is InChI=1S/C21H22FN3OS/c22-15-7-6-8-16(13-15)23-19(26)14-27-20-17-9-2-3-10-18(17)24-21(25-20)11-4-1-5-12-21/h2-3,6-10,13,24H,1,4-5,11-12,14H2,(H,23,26). The molecule has 0 bridgehead atoms. The van der Waals surface area contributed by atoms with E-state index in [0.717, 1.165) is 42.0 Å². The molecule has 0 saturated heterocycles. The lowest BCUT2D eigenvalue weighted by molar-refractivity contribution is -0.113. The number of anilines is 2. The minimum absolute atomic E-state index is 0.165. The van der Waals surface area contributed by atoms with Crippen LogP contribution in [0.3, 0.4) is 0 Å². The monoisotopic (exact) mass is 383 g/mol. The third kappa shape index (κ3) is 4.16. The van der Waals surface area contributed by atoms with Crippen molar-refractivity contribution in [3.63, 3.8) is 0 Å². The first-order valence-corrected chi connectivity index (χ1v) is 10.3. The number of thioether (sulfide) groups is 1. The van der Waals surface area contributed by atoms with Crippen molar-refractivity contribution < 1.29 is 9.18 Å². The largest absolute Gasteiger partial charge is 0.361 e. The zero-order valence-electron chi connectivity index (χ0n) is 15.0. The zero-order valence-corrected chi connectivity index (χ0v) is 15.8. The number of aliphatic imine (C=N–C) groups is 1. The first-order valence-electron chi connectivity index (χ1n) is 9.29. The molecule has 2 aromatic carbocycles. The smallest absolute Gasteiger partial charge is 0.234 e. The number of carbonyl (C=O) groups is 1. The van der Waals surface area contributed by atoms with E-state index in [2.05, 4.69) is 16.7 Å². The second-order valence-electron chi connectivity index (χ2n) is 7.03. The highest BCUT2D eigenvalue weighted by Gasteiger charge is 2.36. The maximum absolute atomic E-state index is 13.3. The van der Waals surface area contributed by atoms with Crippen LogP contribution < -0.4 is 10.6 Å². The molecule has 27 heavy (non-hydrogen) atoms. The van der Waals surface area contributed by atoms with Gasteiger partial charge in [0.2, 0.25) is 5.91 Å². The van der Waals surface area contributed by atoms with Crippen LogP contribution in [0.2, 0.25) is 0 Å². The Labute approximate surface area is 162 Å². The molecule has 6 heteroatoms. The number of rotatable bonds is 3. The molecule has 2 aliphatic rings. The van der Waals surface area contributed by atoms with Gasteiger partial charge in [-0.2, -0.15) is 0 Å². The van der Waals surface area contributed by atoms with Gasteiger partial charge in [0.25, 0.3) is 0 Å². The van der Waals surface area contributed by atoms with Gasteiger partial charge in [-0.25, -0.2) is 9.38 Å². The summed E-state index contributed by atoms with van der Waals surface area (Å²) in [4.78, 5) is 17.4. The van der Waals surface area contributed by atoms with Gasteiger partial charge in [0.15, 0.2) is 0 Å². The van der Waals surface area contributed by atoms with E-state index in [0.29, 0.717) is 5.69 Å². The topological polar surface area (TPSA) is 53.5 Å². The summed E-state index contributed by atoms with van der Waals surface area (Å²) in [5, 5.41) is 7.28. The molecular weight excluding hydrogens is 361 g/mol. The minimum Gasteiger partial charge on any atom is -0.361 e. The summed E-state index contributed by atoms with van der Waals surface area (Å²) in [6.07, 6.45) is 5.61. The molecule has 1 aliphatic carbocycles. The number of hydrogen-bond donors (Lipinski definition) is 2. The molecule has 0 atom stereocenters. The summed E-state index contributed by atoms with van der Waals surface area (Å²) < 4.78 is 13.3. The highest BCUT2D eigenvalue weighted by molar-refractivity contribution is 8.15. The number of nitrogens with zero attached hydrogens (tertiary/aromatic N) is 1. The second-order valence-corrected chi connectivity index (χ2v) is 7.99. The lowest BCUT2D eigenvalue weighted by Crippen LogP contribution is -2.42. The normalized spacial score (nSPS) is 17.6. The van der Waals surface area contributed by atoms with E-state index in [1.54, 1.807) is 12.1 Å². The summed E-state index contributed by atoms with van der Waals surface area (Å²) in [6.45, 7) is 0. The van der Waals surface area contributed by atoms with Gasteiger partial charge < -0.3 is 10.6 Å². The van der Waals surface area contributed by atoms with Gasteiger partial charge in [-0.15, -0.1) is 0 Å². The van der Waals surface area contributed by atoms with Crippen LogP contribution >= 0.6 is 11.8 Å². The maximum atomic E-state index is 13.3. The average molecular weight is 383 g/mol. The van der Waals surface area contributed by atoms with Gasteiger partial charge in [-0.3, -0.25) is 4.79 Å². The Kier molecular flexibility index (Phi) is 5.16. The van der Waals surface area contributed by atoms with Crippen LogP contribution in [0.15, 0.2) is 53.5 Å². The van der Waals surface area contributed by atoms with Gasteiger partial charge in [-0.1, -0.05) is 42.4 Å². The van der Waals surface area contributed by atoms with E-state index in [1.165, 1.54) is 30.3 Å². The number of benzene rings is 2. The molecule has 1 spiro atoms. The molecule has 4 nitrogen and oxygen atoms in total. The van der Waals surface area contributed by atoms with Crippen molar-refractivity contribution in [2.45, 2.75) is 37.8 Å². The van der Waals surface area contributed by atoms with Crippen molar-refractivity contribution in [2.75, 3.05) is 16.4 Å². The number of fused-ring (bicyclic) bond motifs is 1. The number of hydrogen-bond acceptors (Lipinski definition) is 4. The van der Waals surface area contributed by atoms with E-state index in [-0.39, 0.29) is 23.1 Å². The van der Waals surface area contributed by atoms with Gasteiger partial charge in [0, 0.05) is 16.9 Å². The number of nitrogens with one attached hydrogen (secondary N) is 2. The van der Waals surface area contributed by atoms with E-state index >= 15 is 0 Å². The molecule has 1 amide bonds. The first-order chi connectivity index (χ1) is 13.1. The molecule has 140 valence electrons. The van der Waals surface area contributed by atoms with Crippen LogP contribution in [0.4, 0.5) is 15.8 Å². The number of amides is 1. The molecule has 0 radical (unpaired) electrons. The van der Waals surface area contributed by atoms with Crippen LogP contribution in [0.5, 0.6) is 0 Å². The first kappa shape index (κ1) is 18.0. The van der Waals surface area contributed by atoms with E-state index < -0.39 is 0 Å². The molecule has 2 N–H and O–H groups in total. The second kappa shape index (κ2) is 7.72. The van der Waals surface area contributed by atoms with Crippen molar-refractivity contribution >= 4 is 34.1 Å². The fraction of sp³-hybridized carbons (Fsp3) is 0.333. The van der Waals surface area contributed by atoms with Crippen molar-refractivity contribution in [2.24, 2.45) is 4.99 Å². The zero-order chi connectivity index (χ0) is 18.7. The Morgan fingerprint density at radius 3 is 2.78 bits per heavy atom. The van der Waals surface area contributed by atoms with Crippen LogP contribution in [-0.2, 0) is 4.79 Å². The Balaban J connectivity index is 1.49. The maximum Gasteiger partial charge on any atom is 0.234 e. The third-order valence-electron chi connectivity index (χ3n) is 4.97. The van der Waals surface area contributed by atoms with Crippen molar-refractivity contribution in [3.8, 4) is 0 Å². The van der Waals surface area contributed by atoms with Gasteiger partial charge in [0.1, 0.15) is 16.5 Å². The number of carbonyl (C=O) groups excluding carboxylic acids is 1. The molecule has 1 aliphatic heterocycles. The fourth-order valence-corrected chi connectivity index (χ4v) is 4.61. The van der Waals surface area contributed by atoms with E-state index in [9.17, 15) is 9.18 Å². The van der Waals surface area contributed by atoms with Crippen LogP contribution in [0.25, 0.3) is 0 Å². The van der Waals surface area contributed by atoms with E-state index in [1.807, 2.05) is 18.2 Å². The molecular formula is C21H22FN3OS. The molecule has 0 unspecified atom stereocenters. The van der Waals surface area contributed by atoms with Crippen LogP contribution in [0, 0.1) is 5.82 Å². The Bertz CT molecular complexity index is 877. The molecule has 1 heterocycles. The quantitative estimate of drug-likeness (QED) is 0.782. The highest BCUT2D eigenvalue weighted by Crippen LogP contribution is 2.39. The third-order valence-corrected chi connectivity index (χ3v) is 5.96. The number of para-hydroxylation sites is 1. The lowest BCUT2D eigenvalue weighted by Gasteiger charge is -2.39. The molecule has 0 aromatic heterocycles. The average Bonchev–Trinajstić information content (AvgIpc) is 2.67. The SMILES string of the molecule is O=C(CSC1=NC2(CCCCC2)Nc2ccccc21)Nc1cccc(F)c1. The Morgan fingerprint density at radius 2 is 1.96 bits per heavy atom. The van der Waals surface area contributed by atoms with Gasteiger partial charge >= 0.3 is 0 Å². The summed E-state index contributed by atoms with van der Waals surface area (Å²) in [5.74, 6) is -0.293. The lowest BCUT2D eigenvalue weighted by atomic mass is 9.88. The van der Waals surface area contributed by atoms with Crippen molar-refractivity contribution in [1.82, 2.24) is 0 Å². The summed E-state index contributed by atoms with van der Waals surface area (Å²) >= 11 is 1.44. The Hall–Kier alpha value is -2.34. The summed E-state index contributed by atoms with van der Waals surface area (Å²) in [6, 6.07) is 14.1. The number of halogens is 1. The Morgan fingerprint density at radius 1 is 1.15 bits per heavy atom. The summed E-state index contributed by atoms with van der Waals surface area (Å²) in [5.41, 5.74) is 2.35. The van der Waals surface area contributed by atoms with E-state index in [4.69, 9.17) is 4.99 Å². The van der Waals surface area contributed by atoms with Crippen LogP contribution in [-0.4, -0.2) is 22.4 Å². The van der Waals surface area contributed by atoms with Gasteiger partial charge in [-0.05, 0) is 49.9 Å². The summed E-state index contributed by atoms with van der Waals surface area (Å²) in [7, 11) is 0.